The van der Waals surface area contributed by atoms with Crippen LogP contribution >= 0.6 is 39.3 Å². The molecule has 2 rings (SSSR count). The van der Waals surface area contributed by atoms with E-state index in [2.05, 4.69) is 15.9 Å². The van der Waals surface area contributed by atoms with Gasteiger partial charge in [-0.1, -0.05) is 11.6 Å². The SMILES string of the molecule is O=C(O)[C@@H]1CSCN1C(=O)COc1ccc(Cl)cc1Br. The van der Waals surface area contributed by atoms with Crippen molar-refractivity contribution in [3.8, 4) is 5.75 Å². The van der Waals surface area contributed by atoms with E-state index in [1.807, 2.05) is 0 Å². The van der Waals surface area contributed by atoms with Gasteiger partial charge in [0.05, 0.1) is 10.3 Å². The monoisotopic (exact) mass is 379 g/mol. The van der Waals surface area contributed by atoms with Gasteiger partial charge in [0.1, 0.15) is 11.8 Å². The summed E-state index contributed by atoms with van der Waals surface area (Å²) in [6, 6.07) is 4.18. The topological polar surface area (TPSA) is 66.8 Å². The van der Waals surface area contributed by atoms with Gasteiger partial charge in [0.15, 0.2) is 6.61 Å². The van der Waals surface area contributed by atoms with Crippen molar-refractivity contribution in [2.75, 3.05) is 18.2 Å². The molecule has 1 atom stereocenters. The van der Waals surface area contributed by atoms with Gasteiger partial charge in [-0.2, -0.15) is 0 Å². The van der Waals surface area contributed by atoms with Crippen molar-refractivity contribution in [2.45, 2.75) is 6.04 Å². The fourth-order valence-corrected chi connectivity index (χ4v) is 3.68. The largest absolute Gasteiger partial charge is 0.483 e. The van der Waals surface area contributed by atoms with Crippen molar-refractivity contribution in [3.63, 3.8) is 0 Å². The summed E-state index contributed by atoms with van der Waals surface area (Å²) in [5.41, 5.74) is 0. The van der Waals surface area contributed by atoms with Crippen molar-refractivity contribution < 1.29 is 19.4 Å². The second kappa shape index (κ2) is 6.69. The molecule has 8 heteroatoms. The molecule has 1 N–H and O–H groups in total. The van der Waals surface area contributed by atoms with Gasteiger partial charge in [-0.05, 0) is 34.1 Å². The zero-order valence-corrected chi connectivity index (χ0v) is 13.4. The Kier molecular flexibility index (Phi) is 5.17. The number of nitrogens with zero attached hydrogens (tertiary/aromatic N) is 1. The van der Waals surface area contributed by atoms with Gasteiger partial charge in [0.25, 0.3) is 5.91 Å². The van der Waals surface area contributed by atoms with Crippen LogP contribution in [0.2, 0.25) is 5.02 Å². The number of rotatable bonds is 4. The highest BCUT2D eigenvalue weighted by atomic mass is 79.9. The number of hydrogen-bond donors (Lipinski definition) is 1. The molecule has 0 saturated carbocycles. The average Bonchev–Trinajstić information content (AvgIpc) is 2.86. The van der Waals surface area contributed by atoms with Gasteiger partial charge in [-0.3, -0.25) is 4.79 Å². The third-order valence-electron chi connectivity index (χ3n) is 2.73. The lowest BCUT2D eigenvalue weighted by Gasteiger charge is -2.20. The number of thioether (sulfide) groups is 1. The van der Waals surface area contributed by atoms with Crippen LogP contribution in [-0.4, -0.2) is 46.2 Å². The molecule has 1 aliphatic heterocycles. The average molecular weight is 381 g/mol. The molecule has 1 fully saturated rings. The number of aliphatic carboxylic acids is 1. The first-order valence-corrected chi connectivity index (χ1v) is 7.99. The smallest absolute Gasteiger partial charge is 0.327 e. The van der Waals surface area contributed by atoms with Gasteiger partial charge in [0, 0.05) is 10.8 Å². The molecule has 0 bridgehead atoms. The predicted molar refractivity (Wildman–Crippen MR) is 80.2 cm³/mol. The van der Waals surface area contributed by atoms with Crippen molar-refractivity contribution in [3.05, 3.63) is 27.7 Å². The van der Waals surface area contributed by atoms with Gasteiger partial charge < -0.3 is 14.7 Å². The van der Waals surface area contributed by atoms with E-state index in [0.29, 0.717) is 26.9 Å². The molecule has 108 valence electrons. The van der Waals surface area contributed by atoms with Gasteiger partial charge >= 0.3 is 5.97 Å². The number of carbonyl (C=O) groups excluding carboxylic acids is 1. The number of amides is 1. The van der Waals surface area contributed by atoms with E-state index in [9.17, 15) is 9.59 Å². The number of carbonyl (C=O) groups is 2. The summed E-state index contributed by atoms with van der Waals surface area (Å²) in [6.07, 6.45) is 0. The highest BCUT2D eigenvalue weighted by Crippen LogP contribution is 2.28. The van der Waals surface area contributed by atoms with Crippen LogP contribution in [0, 0.1) is 0 Å². The fourth-order valence-electron chi connectivity index (χ4n) is 1.71. The van der Waals surface area contributed by atoms with E-state index in [1.165, 1.54) is 16.7 Å². The quantitative estimate of drug-likeness (QED) is 0.869. The third kappa shape index (κ3) is 3.59. The first-order chi connectivity index (χ1) is 9.49. The molecule has 1 saturated heterocycles. The number of ether oxygens (including phenoxy) is 1. The van der Waals surface area contributed by atoms with E-state index in [0.717, 1.165) is 0 Å². The summed E-state index contributed by atoms with van der Waals surface area (Å²) in [5.74, 6) is -0.0612. The number of carboxylic acids is 1. The molecule has 1 aromatic rings. The minimum atomic E-state index is -0.990. The molecule has 1 aliphatic rings. The Bertz CT molecular complexity index is 542. The number of hydrogen-bond acceptors (Lipinski definition) is 4. The van der Waals surface area contributed by atoms with Crippen LogP contribution in [-0.2, 0) is 9.59 Å². The molecule has 0 radical (unpaired) electrons. The van der Waals surface area contributed by atoms with E-state index in [4.69, 9.17) is 21.4 Å². The summed E-state index contributed by atoms with van der Waals surface area (Å²) >= 11 is 10.5. The number of halogens is 2. The van der Waals surface area contributed by atoms with E-state index in [-0.39, 0.29) is 12.5 Å². The zero-order chi connectivity index (χ0) is 14.7. The molecule has 1 aromatic carbocycles. The molecule has 0 unspecified atom stereocenters. The van der Waals surface area contributed by atoms with Crippen LogP contribution < -0.4 is 4.74 Å². The Morgan fingerprint density at radius 1 is 1.55 bits per heavy atom. The second-order valence-electron chi connectivity index (χ2n) is 4.08. The molecular weight excluding hydrogens is 370 g/mol. The highest BCUT2D eigenvalue weighted by Gasteiger charge is 2.34. The zero-order valence-electron chi connectivity index (χ0n) is 10.2. The lowest BCUT2D eigenvalue weighted by molar-refractivity contribution is -0.148. The predicted octanol–water partition coefficient (Wildman–Crippen LogP) is 2.47. The van der Waals surface area contributed by atoms with Crippen molar-refractivity contribution in [1.82, 2.24) is 4.90 Å². The second-order valence-corrected chi connectivity index (χ2v) is 6.37. The van der Waals surface area contributed by atoms with Gasteiger partial charge in [0.2, 0.25) is 0 Å². The summed E-state index contributed by atoms with van der Waals surface area (Å²) in [6.45, 7) is -0.204. The Balaban J connectivity index is 1.96. The maximum Gasteiger partial charge on any atom is 0.327 e. The maximum atomic E-state index is 12.0. The van der Waals surface area contributed by atoms with Crippen LogP contribution in [0.25, 0.3) is 0 Å². The summed E-state index contributed by atoms with van der Waals surface area (Å²) < 4.78 is 6.04. The Labute approximate surface area is 133 Å². The van der Waals surface area contributed by atoms with E-state index in [1.54, 1.807) is 18.2 Å². The van der Waals surface area contributed by atoms with Gasteiger partial charge in [-0.25, -0.2) is 4.79 Å². The molecule has 0 aromatic heterocycles. The molecule has 1 heterocycles. The molecule has 1 amide bonds. The maximum absolute atomic E-state index is 12.0. The third-order valence-corrected chi connectivity index (χ3v) is 4.60. The Hall–Kier alpha value is -0.920. The van der Waals surface area contributed by atoms with Crippen LogP contribution in [0.4, 0.5) is 0 Å². The van der Waals surface area contributed by atoms with Crippen molar-refractivity contribution in [1.29, 1.82) is 0 Å². The first kappa shape index (κ1) is 15.5. The Morgan fingerprint density at radius 2 is 2.30 bits per heavy atom. The summed E-state index contributed by atoms with van der Waals surface area (Å²) in [7, 11) is 0. The van der Waals surface area contributed by atoms with E-state index >= 15 is 0 Å². The van der Waals surface area contributed by atoms with Crippen molar-refractivity contribution >= 4 is 51.2 Å². The van der Waals surface area contributed by atoms with Gasteiger partial charge in [-0.15, -0.1) is 11.8 Å². The van der Waals surface area contributed by atoms with Crippen LogP contribution in [0.3, 0.4) is 0 Å². The normalized spacial score (nSPS) is 18.1. The standard InChI is InChI=1S/C12H11BrClNO4S/c13-8-3-7(14)1-2-10(8)19-4-11(16)15-6-20-5-9(15)12(17)18/h1-3,9H,4-6H2,(H,17,18)/t9-/m0/s1. The molecule has 5 nitrogen and oxygen atoms in total. The summed E-state index contributed by atoms with van der Waals surface area (Å²) in [4.78, 5) is 24.3. The number of benzene rings is 1. The molecule has 0 aliphatic carbocycles. The minimum absolute atomic E-state index is 0.204. The fraction of sp³-hybridized carbons (Fsp3) is 0.333. The van der Waals surface area contributed by atoms with Crippen molar-refractivity contribution in [2.24, 2.45) is 0 Å². The van der Waals surface area contributed by atoms with Crippen LogP contribution in [0.5, 0.6) is 5.75 Å². The van der Waals surface area contributed by atoms with E-state index < -0.39 is 12.0 Å². The number of carboxylic acid groups (broad SMARTS) is 1. The lowest BCUT2D eigenvalue weighted by atomic mass is 10.3. The van der Waals surface area contributed by atoms with Crippen LogP contribution in [0.15, 0.2) is 22.7 Å². The van der Waals surface area contributed by atoms with Crippen LogP contribution in [0.1, 0.15) is 0 Å². The first-order valence-electron chi connectivity index (χ1n) is 5.67. The summed E-state index contributed by atoms with van der Waals surface area (Å²) in [5, 5.41) is 9.58. The molecule has 20 heavy (non-hydrogen) atoms. The molecule has 0 spiro atoms. The minimum Gasteiger partial charge on any atom is -0.483 e. The molecular formula is C12H11BrClNO4S. The Morgan fingerprint density at radius 3 is 2.95 bits per heavy atom. The lowest BCUT2D eigenvalue weighted by Crippen LogP contribution is -2.43. The highest BCUT2D eigenvalue weighted by molar-refractivity contribution is 9.10.